The molecule has 0 aliphatic rings. The Morgan fingerprint density at radius 1 is 0.410 bits per heavy atom. The highest BCUT2D eigenvalue weighted by Crippen LogP contribution is 2.15. The Hall–Kier alpha value is -10.7. The van der Waals surface area contributed by atoms with Gasteiger partial charge in [0.2, 0.25) is 23.8 Å². The molecule has 0 saturated carbocycles. The van der Waals surface area contributed by atoms with Crippen molar-refractivity contribution in [2.45, 2.75) is 284 Å². The average molecular weight is 1810 g/mol. The number of halogens is 3. The first kappa shape index (κ1) is 127. The molecule has 3 heterocycles. The number of carbonyl (C=O) groups is 11. The molecule has 43 nitrogen and oxygen atoms in total. The molecule has 3 rings (SSSR count). The molecule has 0 saturated heterocycles. The smallest absolute Gasteiger partial charge is 0.460 e. The van der Waals surface area contributed by atoms with Gasteiger partial charge in [0, 0.05) is 74.7 Å². The molecule has 3 aromatic heterocycles. The minimum absolute atomic E-state index is 0. The predicted octanol–water partition coefficient (Wildman–Crippen LogP) is 13.5. The number of guanidine groups is 2. The number of nitrogens with zero attached hydrogens (tertiary/aromatic N) is 9. The maximum absolute atomic E-state index is 11.9. The summed E-state index contributed by atoms with van der Waals surface area (Å²) >= 11 is 4.72. The number of aromatic nitrogens is 6. The van der Waals surface area contributed by atoms with E-state index in [0.717, 1.165) is 38.5 Å². The zero-order valence-electron chi connectivity index (χ0n) is 74.8. The van der Waals surface area contributed by atoms with E-state index in [1.807, 2.05) is 41.5 Å². The summed E-state index contributed by atoms with van der Waals surface area (Å²) in [4.78, 5) is 135. The Kier molecular flexibility index (Phi) is 71.7. The van der Waals surface area contributed by atoms with E-state index in [4.69, 9.17) is 88.0 Å². The third-order valence-electron chi connectivity index (χ3n) is 10.9. The zero-order valence-corrected chi connectivity index (χ0v) is 77.2. The van der Waals surface area contributed by atoms with Crippen LogP contribution in [0.1, 0.15) is 245 Å². The fraction of sp³-hybridized carbons (Fsp3) is 0.671. The molecule has 0 radical (unpaired) electrons. The van der Waals surface area contributed by atoms with Crippen LogP contribution in [0.3, 0.4) is 0 Å². The van der Waals surface area contributed by atoms with Crippen LogP contribution in [0.4, 0.5) is 43.2 Å². The van der Waals surface area contributed by atoms with Gasteiger partial charge in [0.15, 0.2) is 5.96 Å². The van der Waals surface area contributed by atoms with E-state index in [-0.39, 0.29) is 92.8 Å². The number of alkyl carbamates (subject to hydrolysis) is 5. The Bertz CT molecular complexity index is 3500. The largest absolute Gasteiger partial charge is 0.519 e. The number of hydrogen-bond donors (Lipinski definition) is 11. The molecule has 0 atom stereocenters. The molecule has 0 aromatic carbocycles. The minimum atomic E-state index is -1.06. The average Bonchev–Trinajstić information content (AvgIpc) is 1.65. The number of rotatable bonds is 19. The standard InChI is InChI=1S/C19H35N3O6.C12H18N4O4.C10H21NO2.C10H18O5.C9H14N4O2.C8H18N4O2.C4H6N4.C3H5ClO2.CH4.2ClH/c1-8-26-16(24)21-15(22-17(25)28-19(5,6)7)20-13-11-9-10-12-14(23)27-18(2,3)4;1-5-19-10(17)14-9(16-8-6-7-13-16)15-11(18)20-12(2,3)4;1-10(2,3)13-9(12)7-5-4-6-8-11;1-9(2,3)14-7(11)13-8(12)15-10(4,5)6;1-9(2,3)15-8(14)12-7(10)13-6-4-5-11-13;1-2-14-8(13)12-7(10)11-6-4-3-5-9;5-4(6)8-3-1-2-7-8;1-2-6-3(4)5;;;/h8-13H2,1-7H3,(H2,20,21,22,24,25);6-8H,5H2,1-4H3,(H,14,15,17,18);4-8,11H2,1-3H3;1-6H3;4-6H,1-3H3,(H2,10,12,14);2-6,9H2,1H3,(H3,10,11,12,13);1-3H,(H3,5,6);2H2,1H3;1H4;2*1H. The topological polar surface area (TPSA) is 601 Å². The third-order valence-corrected chi connectivity index (χ3v) is 11.0. The lowest BCUT2D eigenvalue weighted by Gasteiger charge is -2.20. The lowest BCUT2D eigenvalue weighted by atomic mass is 10.1. The van der Waals surface area contributed by atoms with E-state index in [1.165, 1.54) is 32.6 Å². The second-order valence-corrected chi connectivity index (χ2v) is 30.9. The van der Waals surface area contributed by atoms with Gasteiger partial charge in [0.05, 0.1) is 26.4 Å². The second-order valence-electron chi connectivity index (χ2n) is 30.6. The van der Waals surface area contributed by atoms with Gasteiger partial charge >= 0.3 is 66.2 Å². The van der Waals surface area contributed by atoms with E-state index in [9.17, 15) is 52.7 Å². The summed E-state index contributed by atoms with van der Waals surface area (Å²) in [6.45, 7) is 46.8. The number of aliphatic imine (C=N–C) groups is 3. The van der Waals surface area contributed by atoms with Crippen LogP contribution in [0, 0.1) is 10.8 Å². The molecule has 122 heavy (non-hydrogen) atoms. The van der Waals surface area contributed by atoms with Crippen LogP contribution in [0.2, 0.25) is 0 Å². The quantitative estimate of drug-likeness (QED) is 0.0101. The summed E-state index contributed by atoms with van der Waals surface area (Å²) in [5.74, 6) is -0.593. The number of amides is 6. The van der Waals surface area contributed by atoms with Crippen molar-refractivity contribution in [2.24, 2.45) is 37.9 Å². The normalized spacial score (nSPS) is 11.0. The van der Waals surface area contributed by atoms with Crippen molar-refractivity contribution in [3.05, 3.63) is 55.4 Å². The lowest BCUT2D eigenvalue weighted by Crippen LogP contribution is -2.46. The predicted molar refractivity (Wildman–Crippen MR) is 468 cm³/mol. The first-order valence-electron chi connectivity index (χ1n) is 37.9. The third kappa shape index (κ3) is 91.6. The van der Waals surface area contributed by atoms with Gasteiger partial charge in [-0.3, -0.25) is 57.0 Å². The van der Waals surface area contributed by atoms with Crippen molar-refractivity contribution >= 4 is 132 Å². The van der Waals surface area contributed by atoms with Crippen molar-refractivity contribution in [2.75, 3.05) is 52.6 Å². The van der Waals surface area contributed by atoms with Crippen molar-refractivity contribution in [3.8, 4) is 0 Å². The summed E-state index contributed by atoms with van der Waals surface area (Å²) in [7, 11) is 0. The molecule has 0 unspecified atom stereocenters. The summed E-state index contributed by atoms with van der Waals surface area (Å²) in [6.07, 6.45) is 10.5. The highest BCUT2D eigenvalue weighted by Gasteiger charge is 2.26. The van der Waals surface area contributed by atoms with Crippen LogP contribution in [0.15, 0.2) is 70.4 Å². The second kappa shape index (κ2) is 68.9. The highest BCUT2D eigenvalue weighted by molar-refractivity contribution is 6.61. The SMILES string of the molecule is C.CC(C)(C)OC(=O)CCCCCN.CC(C)(C)OC(=O)NC(=N)n1cccn1.CC(C)(C)OC(=O)OC(=O)OC(C)(C)C.CCOC(=O)Cl.CCOC(=O)N=C(NC(=O)OC(C)(C)C)n1cccn1.CCOC(=O)NC(=NCCCCCC(=O)OC(C)(C)C)NC(=O)OC(C)(C)C.CCOC(=O)NC(N)=NCCCCN.Cl.Cl.N=C(N)n1cccn1. The number of carbonyl (C=O) groups excluding carboxylic acids is 11. The van der Waals surface area contributed by atoms with E-state index in [1.54, 1.807) is 168 Å². The number of nitrogens with two attached hydrogens (primary N) is 4. The first-order chi connectivity index (χ1) is 54.7. The number of unbranched alkanes of at least 4 members (excludes halogenated alkanes) is 5. The monoisotopic (exact) mass is 1810 g/mol. The molecule has 15 N–H and O–H groups in total. The molecular weight excluding hydrogens is 1670 g/mol. The van der Waals surface area contributed by atoms with Gasteiger partial charge in [-0.2, -0.15) is 15.3 Å². The summed E-state index contributed by atoms with van der Waals surface area (Å²) in [5.41, 5.74) is 16.2. The molecule has 3 aromatic rings. The molecule has 46 heteroatoms. The van der Waals surface area contributed by atoms with Gasteiger partial charge in [-0.15, -0.1) is 29.8 Å². The van der Waals surface area contributed by atoms with Gasteiger partial charge in [0.1, 0.15) is 39.2 Å². The summed E-state index contributed by atoms with van der Waals surface area (Å²) < 4.78 is 61.4. The Morgan fingerprint density at radius 3 is 1.09 bits per heavy atom. The van der Waals surface area contributed by atoms with Gasteiger partial charge in [-0.1, -0.05) is 20.3 Å². The van der Waals surface area contributed by atoms with Crippen LogP contribution in [0.25, 0.3) is 0 Å². The van der Waals surface area contributed by atoms with Gasteiger partial charge in [0.25, 0.3) is 0 Å². The molecule has 0 aliphatic carbocycles. The Balaban J connectivity index is -0.000000209. The fourth-order valence-corrected chi connectivity index (χ4v) is 6.94. The molecule has 704 valence electrons. The molecule has 0 bridgehead atoms. The maximum Gasteiger partial charge on any atom is 0.519 e. The van der Waals surface area contributed by atoms with E-state index >= 15 is 0 Å². The molecule has 0 fully saturated rings. The van der Waals surface area contributed by atoms with E-state index < -0.39 is 87.9 Å². The molecule has 0 spiro atoms. The highest BCUT2D eigenvalue weighted by atomic mass is 35.5. The first-order valence-corrected chi connectivity index (χ1v) is 38.3. The summed E-state index contributed by atoms with van der Waals surface area (Å²) in [5, 5.41) is 37.3. The summed E-state index contributed by atoms with van der Waals surface area (Å²) in [6, 6.07) is 4.99. The van der Waals surface area contributed by atoms with Gasteiger partial charge in [-0.25, -0.2) is 57.2 Å². The van der Waals surface area contributed by atoms with E-state index in [2.05, 4.69) is 71.1 Å². The van der Waals surface area contributed by atoms with Crippen LogP contribution in [-0.2, 0) is 66.4 Å². The molecule has 0 aliphatic heterocycles. The van der Waals surface area contributed by atoms with Crippen molar-refractivity contribution in [1.82, 2.24) is 55.9 Å². The number of nitrogen functional groups attached to an aromatic ring is 1. The van der Waals surface area contributed by atoms with Gasteiger partial charge in [-0.05, 0) is 243 Å². The van der Waals surface area contributed by atoms with Crippen LogP contribution in [0.5, 0.6) is 0 Å². The molecule has 6 amide bonds. The van der Waals surface area contributed by atoms with Crippen LogP contribution < -0.4 is 49.5 Å². The van der Waals surface area contributed by atoms with E-state index in [0.29, 0.717) is 65.1 Å². The molecular formula is C76H141Cl3N20O23. The van der Waals surface area contributed by atoms with Crippen LogP contribution in [-0.4, -0.2) is 217 Å². The maximum atomic E-state index is 11.9. The number of nitrogens with one attached hydrogen (secondary N) is 7. The lowest BCUT2D eigenvalue weighted by molar-refractivity contribution is -0.156. The fourth-order valence-electron chi connectivity index (χ4n) is 6.83. The number of hydrogen-bond acceptors (Lipinski definition) is 32. The Labute approximate surface area is 735 Å². The number of ether oxygens (including phenoxy) is 12. The van der Waals surface area contributed by atoms with Crippen molar-refractivity contribution in [3.63, 3.8) is 0 Å². The van der Waals surface area contributed by atoms with Crippen molar-refractivity contribution in [1.29, 1.82) is 10.8 Å². The minimum Gasteiger partial charge on any atom is -0.460 e. The Morgan fingerprint density at radius 2 is 0.746 bits per heavy atom. The van der Waals surface area contributed by atoms with Gasteiger partial charge < -0.3 is 79.8 Å². The zero-order chi connectivity index (χ0) is 92.8. The van der Waals surface area contributed by atoms with Crippen LogP contribution >= 0.6 is 36.4 Å². The van der Waals surface area contributed by atoms with Crippen molar-refractivity contribution < 1.29 is 110 Å². The number of esters is 2.